The summed E-state index contributed by atoms with van der Waals surface area (Å²) in [6.07, 6.45) is 3.27. The fraction of sp³-hybridized carbons (Fsp3) is 0.259. The van der Waals surface area contributed by atoms with Crippen molar-refractivity contribution >= 4 is 45.7 Å². The zero-order chi connectivity index (χ0) is 26.1. The maximum Gasteiger partial charge on any atom is 0.200 e. The van der Waals surface area contributed by atoms with E-state index in [9.17, 15) is 22.0 Å². The van der Waals surface area contributed by atoms with Gasteiger partial charge in [-0.05, 0) is 42.7 Å². The van der Waals surface area contributed by atoms with E-state index in [1.165, 1.54) is 0 Å². The summed E-state index contributed by atoms with van der Waals surface area (Å²) in [6, 6.07) is 16.9. The largest absolute Gasteiger partial charge is 0.309 e. The minimum Gasteiger partial charge on any atom is -0.309 e. The first-order chi connectivity index (χ1) is 17.9. The van der Waals surface area contributed by atoms with Crippen molar-refractivity contribution in [2.24, 2.45) is 0 Å². The molecule has 1 saturated heterocycles. The number of benzene rings is 3. The van der Waals surface area contributed by atoms with E-state index in [-0.39, 0.29) is 5.50 Å². The number of para-hydroxylation sites is 1. The molecule has 0 N–H and O–H groups in total. The summed E-state index contributed by atoms with van der Waals surface area (Å²) >= 11 is 8.78. The number of thioether (sulfide) groups is 2. The molecule has 0 amide bonds. The van der Waals surface area contributed by atoms with Crippen molar-refractivity contribution in [3.8, 4) is 0 Å². The summed E-state index contributed by atoms with van der Waals surface area (Å²) in [7, 11) is 0. The molecule has 1 fully saturated rings. The third kappa shape index (κ3) is 5.24. The van der Waals surface area contributed by atoms with E-state index in [1.54, 1.807) is 23.9 Å². The summed E-state index contributed by atoms with van der Waals surface area (Å²) in [5.41, 5.74) is 0.750. The Balaban J connectivity index is 1.60. The predicted molar refractivity (Wildman–Crippen MR) is 142 cm³/mol. The molecule has 0 aromatic heterocycles. The molecule has 1 unspecified atom stereocenters. The molecule has 0 radical (unpaired) electrons. The van der Waals surface area contributed by atoms with Crippen LogP contribution in [0.4, 0.5) is 27.6 Å². The lowest BCUT2D eigenvalue weighted by Crippen LogP contribution is -2.45. The summed E-state index contributed by atoms with van der Waals surface area (Å²) in [5.74, 6) is -10.1. The van der Waals surface area contributed by atoms with Crippen molar-refractivity contribution in [2.75, 3.05) is 18.0 Å². The average molecular weight is 569 g/mol. The lowest BCUT2D eigenvalue weighted by Gasteiger charge is -2.38. The predicted octanol–water partition coefficient (Wildman–Crippen LogP) is 8.62. The number of halogens is 6. The van der Waals surface area contributed by atoms with Crippen molar-refractivity contribution in [3.63, 3.8) is 0 Å². The maximum absolute atomic E-state index is 14.5. The van der Waals surface area contributed by atoms with Gasteiger partial charge in [-0.25, -0.2) is 22.0 Å². The molecule has 2 nitrogen and oxygen atoms in total. The molecule has 37 heavy (non-hydrogen) atoms. The quantitative estimate of drug-likeness (QED) is 0.167. The highest BCUT2D eigenvalue weighted by atomic mass is 35.5. The Hall–Kier alpha value is -2.20. The van der Waals surface area contributed by atoms with Gasteiger partial charge in [0.05, 0.1) is 5.03 Å². The fourth-order valence-electron chi connectivity index (χ4n) is 4.47. The molecular weight excluding hydrogens is 547 g/mol. The normalized spacial score (nSPS) is 18.6. The second kappa shape index (κ2) is 11.3. The first-order valence-corrected chi connectivity index (χ1v) is 14.0. The molecule has 0 bridgehead atoms. The summed E-state index contributed by atoms with van der Waals surface area (Å²) < 4.78 is 70.5. The van der Waals surface area contributed by atoms with Gasteiger partial charge in [0, 0.05) is 40.0 Å². The molecule has 3 aromatic carbocycles. The van der Waals surface area contributed by atoms with E-state index in [2.05, 4.69) is 9.80 Å². The lowest BCUT2D eigenvalue weighted by molar-refractivity contribution is 0.216. The van der Waals surface area contributed by atoms with Crippen LogP contribution in [-0.4, -0.2) is 23.5 Å². The molecule has 1 atom stereocenters. The number of hydrogen-bond acceptors (Lipinski definition) is 4. The molecule has 0 spiro atoms. The van der Waals surface area contributed by atoms with Gasteiger partial charge in [-0.2, -0.15) is 0 Å². The third-order valence-corrected chi connectivity index (χ3v) is 9.23. The Labute approximate surface area is 225 Å². The molecule has 3 aromatic rings. The van der Waals surface area contributed by atoms with Crippen LogP contribution in [0.1, 0.15) is 30.4 Å². The third-order valence-electron chi connectivity index (χ3n) is 6.35. The minimum atomic E-state index is -2.16. The second-order valence-electron chi connectivity index (χ2n) is 8.72. The molecule has 5 rings (SSSR count). The molecule has 0 saturated carbocycles. The Morgan fingerprint density at radius 2 is 1.38 bits per heavy atom. The second-order valence-corrected chi connectivity index (χ2v) is 11.2. The standard InChI is InChI=1S/C27H22ClF5N2S2/c28-17-11-9-16(10-12-17)25-26(36-15-19-20(29)22(31)24(33)23(32)21(19)30)35(18-7-3-1-4-8-18)27(37-25)34-13-5-2-6-14-34/h1,3-4,7-12,27H,2,5-6,13-15H2. The van der Waals surface area contributed by atoms with E-state index in [0.717, 1.165) is 60.3 Å². The Bertz CT molecular complexity index is 1290. The molecule has 2 heterocycles. The van der Waals surface area contributed by atoms with E-state index in [1.807, 2.05) is 42.5 Å². The first-order valence-electron chi connectivity index (χ1n) is 11.7. The van der Waals surface area contributed by atoms with Crippen LogP contribution in [0.5, 0.6) is 0 Å². The summed E-state index contributed by atoms with van der Waals surface area (Å²) in [4.78, 5) is 5.31. The molecule has 194 valence electrons. The smallest absolute Gasteiger partial charge is 0.200 e. The van der Waals surface area contributed by atoms with Crippen molar-refractivity contribution in [3.05, 3.63) is 105 Å². The first kappa shape index (κ1) is 26.4. The highest BCUT2D eigenvalue weighted by molar-refractivity contribution is 8.12. The lowest BCUT2D eigenvalue weighted by atomic mass is 10.1. The van der Waals surface area contributed by atoms with Gasteiger partial charge in [0.2, 0.25) is 5.82 Å². The number of anilines is 1. The zero-order valence-corrected chi connectivity index (χ0v) is 21.9. The molecule has 10 heteroatoms. The number of nitrogens with zero attached hydrogens (tertiary/aromatic N) is 2. The summed E-state index contributed by atoms with van der Waals surface area (Å²) in [5, 5.41) is 1.24. The van der Waals surface area contributed by atoms with E-state index < -0.39 is 40.4 Å². The van der Waals surface area contributed by atoms with E-state index in [4.69, 9.17) is 11.6 Å². The van der Waals surface area contributed by atoms with Crippen LogP contribution in [-0.2, 0) is 5.75 Å². The van der Waals surface area contributed by atoms with E-state index >= 15 is 0 Å². The highest BCUT2D eigenvalue weighted by Gasteiger charge is 2.39. The highest BCUT2D eigenvalue weighted by Crippen LogP contribution is 2.52. The van der Waals surface area contributed by atoms with Crippen molar-refractivity contribution in [1.82, 2.24) is 4.90 Å². The van der Waals surface area contributed by atoms with Gasteiger partial charge in [-0.1, -0.05) is 60.1 Å². The summed E-state index contributed by atoms with van der Waals surface area (Å²) in [6.45, 7) is 1.79. The van der Waals surface area contributed by atoms with Gasteiger partial charge in [0.1, 0.15) is 5.50 Å². The fourth-order valence-corrected chi connectivity index (χ4v) is 7.49. The van der Waals surface area contributed by atoms with Gasteiger partial charge in [-0.15, -0.1) is 11.8 Å². The molecule has 0 aliphatic carbocycles. The van der Waals surface area contributed by atoms with Gasteiger partial charge >= 0.3 is 0 Å². The number of likely N-dealkylation sites (tertiary alicyclic amines) is 1. The monoisotopic (exact) mass is 568 g/mol. The SMILES string of the molecule is Fc1c(F)c(F)c(CSC2=C(c3ccc(Cl)cc3)SC(N3CCCCC3)N2c2ccccc2)c(F)c1F. The van der Waals surface area contributed by atoms with Gasteiger partial charge in [0.25, 0.3) is 0 Å². The average Bonchev–Trinajstić information content (AvgIpc) is 3.31. The zero-order valence-electron chi connectivity index (χ0n) is 19.5. The number of piperidine rings is 1. The van der Waals surface area contributed by atoms with Crippen LogP contribution in [0.2, 0.25) is 5.02 Å². The number of hydrogen-bond donors (Lipinski definition) is 0. The van der Waals surface area contributed by atoms with Crippen LogP contribution in [0.25, 0.3) is 4.91 Å². The Morgan fingerprint density at radius 3 is 2.00 bits per heavy atom. The van der Waals surface area contributed by atoms with Gasteiger partial charge in [-0.3, -0.25) is 4.90 Å². The van der Waals surface area contributed by atoms with Gasteiger partial charge < -0.3 is 4.90 Å². The Morgan fingerprint density at radius 1 is 0.784 bits per heavy atom. The van der Waals surface area contributed by atoms with Crippen LogP contribution in [0, 0.1) is 29.1 Å². The van der Waals surface area contributed by atoms with E-state index in [0.29, 0.717) is 10.1 Å². The van der Waals surface area contributed by atoms with Crippen LogP contribution >= 0.6 is 35.1 Å². The maximum atomic E-state index is 14.5. The van der Waals surface area contributed by atoms with Crippen LogP contribution < -0.4 is 4.90 Å². The van der Waals surface area contributed by atoms with Crippen LogP contribution in [0.15, 0.2) is 59.6 Å². The van der Waals surface area contributed by atoms with Crippen LogP contribution in [0.3, 0.4) is 0 Å². The minimum absolute atomic E-state index is 0.132. The molecule has 2 aliphatic heterocycles. The van der Waals surface area contributed by atoms with Crippen molar-refractivity contribution < 1.29 is 22.0 Å². The number of rotatable bonds is 6. The molecule has 2 aliphatic rings. The Kier molecular flexibility index (Phi) is 8.04. The van der Waals surface area contributed by atoms with Gasteiger partial charge in [0.15, 0.2) is 23.3 Å². The molecular formula is C27H22ClF5N2S2. The topological polar surface area (TPSA) is 6.48 Å². The van der Waals surface area contributed by atoms with Crippen molar-refractivity contribution in [1.29, 1.82) is 0 Å². The van der Waals surface area contributed by atoms with Crippen molar-refractivity contribution in [2.45, 2.75) is 30.5 Å².